The average Bonchev–Trinajstić information content (AvgIpc) is 2.27. The number of hydrogen-bond acceptors (Lipinski definition) is 3. The highest BCUT2D eigenvalue weighted by molar-refractivity contribution is 6.66. The third-order valence-corrected chi connectivity index (χ3v) is 2.39. The molecule has 1 unspecified atom stereocenters. The summed E-state index contributed by atoms with van der Waals surface area (Å²) in [6.45, 7) is 0. The van der Waals surface area contributed by atoms with Crippen molar-refractivity contribution in [3.05, 3.63) is 36.1 Å². The zero-order valence-corrected chi connectivity index (χ0v) is 9.45. The molecule has 0 bridgehead atoms. The molecular formula is C11H13ClO3. The normalized spacial score (nSPS) is 25.4. The van der Waals surface area contributed by atoms with Gasteiger partial charge in [-0.3, -0.25) is 4.79 Å². The third-order valence-electron chi connectivity index (χ3n) is 2.26. The Labute approximate surface area is 94.0 Å². The van der Waals surface area contributed by atoms with Gasteiger partial charge < -0.3 is 9.47 Å². The van der Waals surface area contributed by atoms with Crippen molar-refractivity contribution in [1.29, 1.82) is 0 Å². The van der Waals surface area contributed by atoms with Gasteiger partial charge in [-0.05, 0) is 42.0 Å². The van der Waals surface area contributed by atoms with E-state index in [1.54, 1.807) is 26.4 Å². The molecular weight excluding hydrogens is 216 g/mol. The fourth-order valence-electron chi connectivity index (χ4n) is 1.32. The maximum atomic E-state index is 10.6. The SMILES string of the molecule is COC1=CCC(C=CC(=O)Cl)(OC)C=C1. The molecule has 0 aromatic heterocycles. The lowest BCUT2D eigenvalue weighted by Gasteiger charge is -2.27. The van der Waals surface area contributed by atoms with Crippen molar-refractivity contribution in [2.45, 2.75) is 12.0 Å². The number of hydrogen-bond donors (Lipinski definition) is 0. The van der Waals surface area contributed by atoms with Gasteiger partial charge in [0.15, 0.2) is 0 Å². The van der Waals surface area contributed by atoms with E-state index in [4.69, 9.17) is 21.1 Å². The second kappa shape index (κ2) is 5.14. The van der Waals surface area contributed by atoms with Gasteiger partial charge >= 0.3 is 0 Å². The summed E-state index contributed by atoms with van der Waals surface area (Å²) in [6, 6.07) is 0. The molecule has 1 aliphatic carbocycles. The molecule has 0 saturated heterocycles. The lowest BCUT2D eigenvalue weighted by Crippen LogP contribution is -2.27. The maximum absolute atomic E-state index is 10.6. The summed E-state index contributed by atoms with van der Waals surface area (Å²) in [5.41, 5.74) is -0.591. The van der Waals surface area contributed by atoms with Crippen molar-refractivity contribution in [1.82, 2.24) is 0 Å². The Balaban J connectivity index is 2.79. The van der Waals surface area contributed by atoms with E-state index >= 15 is 0 Å². The molecule has 0 fully saturated rings. The van der Waals surface area contributed by atoms with Crippen LogP contribution < -0.4 is 0 Å². The van der Waals surface area contributed by atoms with Crippen LogP contribution >= 0.6 is 11.6 Å². The first-order valence-electron chi connectivity index (χ1n) is 4.49. The van der Waals surface area contributed by atoms with E-state index in [9.17, 15) is 4.79 Å². The molecule has 0 heterocycles. The van der Waals surface area contributed by atoms with Gasteiger partial charge in [-0.25, -0.2) is 0 Å². The summed E-state index contributed by atoms with van der Waals surface area (Å²) in [7, 11) is 3.19. The first-order valence-corrected chi connectivity index (χ1v) is 4.87. The second-order valence-corrected chi connectivity index (χ2v) is 3.52. The molecule has 0 spiro atoms. The number of rotatable bonds is 4. The summed E-state index contributed by atoms with van der Waals surface area (Å²) >= 11 is 5.23. The fraction of sp³-hybridized carbons (Fsp3) is 0.364. The molecule has 1 rings (SSSR count). The number of carbonyl (C=O) groups is 1. The third kappa shape index (κ3) is 3.22. The van der Waals surface area contributed by atoms with Crippen molar-refractivity contribution >= 4 is 16.8 Å². The highest BCUT2D eigenvalue weighted by atomic mass is 35.5. The molecule has 4 heteroatoms. The molecule has 1 atom stereocenters. The lowest BCUT2D eigenvalue weighted by molar-refractivity contribution is -0.107. The van der Waals surface area contributed by atoms with Crippen LogP contribution in [0.4, 0.5) is 0 Å². The molecule has 0 aromatic carbocycles. The van der Waals surface area contributed by atoms with Gasteiger partial charge in [0, 0.05) is 13.5 Å². The first-order chi connectivity index (χ1) is 7.12. The van der Waals surface area contributed by atoms with E-state index in [1.165, 1.54) is 6.08 Å². The van der Waals surface area contributed by atoms with E-state index < -0.39 is 10.8 Å². The molecule has 0 aromatic rings. The largest absolute Gasteiger partial charge is 0.497 e. The molecule has 0 radical (unpaired) electrons. The molecule has 82 valence electrons. The van der Waals surface area contributed by atoms with Gasteiger partial charge in [0.25, 0.3) is 0 Å². The minimum atomic E-state index is -0.591. The van der Waals surface area contributed by atoms with Crippen LogP contribution in [0.15, 0.2) is 36.1 Å². The van der Waals surface area contributed by atoms with Crippen molar-refractivity contribution in [2.24, 2.45) is 0 Å². The summed E-state index contributed by atoms with van der Waals surface area (Å²) in [5.74, 6) is 0.785. The van der Waals surface area contributed by atoms with Crippen LogP contribution in [0, 0.1) is 0 Å². The fourth-order valence-corrected chi connectivity index (χ4v) is 1.38. The van der Waals surface area contributed by atoms with Crippen molar-refractivity contribution in [2.75, 3.05) is 14.2 Å². The van der Waals surface area contributed by atoms with Crippen molar-refractivity contribution in [3.63, 3.8) is 0 Å². The number of halogens is 1. The summed E-state index contributed by atoms with van der Waals surface area (Å²) < 4.78 is 10.4. The molecule has 15 heavy (non-hydrogen) atoms. The quantitative estimate of drug-likeness (QED) is 0.547. The van der Waals surface area contributed by atoms with Crippen LogP contribution in [0.1, 0.15) is 6.42 Å². The first kappa shape index (κ1) is 12.0. The van der Waals surface area contributed by atoms with E-state index in [1.807, 2.05) is 12.2 Å². The predicted octanol–water partition coefficient (Wildman–Crippen LogP) is 2.18. The van der Waals surface area contributed by atoms with Crippen LogP contribution in [0.25, 0.3) is 0 Å². The smallest absolute Gasteiger partial charge is 0.244 e. The summed E-state index contributed by atoms with van der Waals surface area (Å²) in [5, 5.41) is -0.513. The predicted molar refractivity (Wildman–Crippen MR) is 58.6 cm³/mol. The van der Waals surface area contributed by atoms with Crippen molar-refractivity contribution in [3.8, 4) is 0 Å². The standard InChI is InChI=1S/C11H13ClO3/c1-14-9-3-6-11(15-2,7-4-9)8-5-10(12)13/h3-6,8H,7H2,1-2H3. The monoisotopic (exact) mass is 228 g/mol. The minimum Gasteiger partial charge on any atom is -0.497 e. The molecule has 0 amide bonds. The van der Waals surface area contributed by atoms with E-state index in [0.717, 1.165) is 5.76 Å². The van der Waals surface area contributed by atoms with Gasteiger partial charge in [-0.1, -0.05) is 0 Å². The average molecular weight is 229 g/mol. The Morgan fingerprint density at radius 2 is 2.33 bits per heavy atom. The van der Waals surface area contributed by atoms with E-state index in [2.05, 4.69) is 0 Å². The van der Waals surface area contributed by atoms with Gasteiger partial charge in [0.2, 0.25) is 5.24 Å². The van der Waals surface area contributed by atoms with Gasteiger partial charge in [-0.15, -0.1) is 0 Å². The maximum Gasteiger partial charge on any atom is 0.244 e. The Hall–Kier alpha value is -1.06. The number of carbonyl (C=O) groups excluding carboxylic acids is 1. The topological polar surface area (TPSA) is 35.5 Å². The number of allylic oxidation sites excluding steroid dienone is 2. The van der Waals surface area contributed by atoms with Gasteiger partial charge in [0.05, 0.1) is 7.11 Å². The molecule has 0 saturated carbocycles. The van der Waals surface area contributed by atoms with Crippen molar-refractivity contribution < 1.29 is 14.3 Å². The Kier molecular flexibility index (Phi) is 4.12. The molecule has 0 aliphatic heterocycles. The molecule has 3 nitrogen and oxygen atoms in total. The van der Waals surface area contributed by atoms with E-state index in [-0.39, 0.29) is 0 Å². The number of methoxy groups -OCH3 is 2. The van der Waals surface area contributed by atoms with Gasteiger partial charge in [-0.2, -0.15) is 0 Å². The Bertz CT molecular complexity index is 331. The summed E-state index contributed by atoms with van der Waals surface area (Å²) in [4.78, 5) is 10.6. The van der Waals surface area contributed by atoms with Crippen LogP contribution in [0.5, 0.6) is 0 Å². The van der Waals surface area contributed by atoms with Crippen LogP contribution in [0.2, 0.25) is 0 Å². The van der Waals surface area contributed by atoms with E-state index in [0.29, 0.717) is 6.42 Å². The zero-order valence-electron chi connectivity index (χ0n) is 8.70. The summed E-state index contributed by atoms with van der Waals surface area (Å²) in [6.07, 6.45) is 9.08. The minimum absolute atomic E-state index is 0.513. The van der Waals surface area contributed by atoms with Crippen LogP contribution in [-0.2, 0) is 14.3 Å². The molecule has 0 N–H and O–H groups in total. The highest BCUT2D eigenvalue weighted by Gasteiger charge is 2.25. The number of ether oxygens (including phenoxy) is 2. The van der Waals surface area contributed by atoms with Crippen LogP contribution in [-0.4, -0.2) is 25.1 Å². The zero-order chi connectivity index (χ0) is 11.3. The Morgan fingerprint density at radius 1 is 1.60 bits per heavy atom. The Morgan fingerprint density at radius 3 is 2.73 bits per heavy atom. The van der Waals surface area contributed by atoms with Gasteiger partial charge in [0.1, 0.15) is 11.4 Å². The van der Waals surface area contributed by atoms with Crippen LogP contribution in [0.3, 0.4) is 0 Å². The lowest BCUT2D eigenvalue weighted by atomic mass is 9.94. The second-order valence-electron chi connectivity index (χ2n) is 3.14. The molecule has 1 aliphatic rings. The highest BCUT2D eigenvalue weighted by Crippen LogP contribution is 2.26.